The fourth-order valence-corrected chi connectivity index (χ4v) is 2.54. The van der Waals surface area contributed by atoms with Crippen molar-refractivity contribution in [3.63, 3.8) is 0 Å². The Labute approximate surface area is 123 Å². The van der Waals surface area contributed by atoms with E-state index in [2.05, 4.69) is 0 Å². The van der Waals surface area contributed by atoms with Crippen LogP contribution in [0.4, 0.5) is 8.78 Å². The first-order valence-electron chi connectivity index (χ1n) is 6.42. The number of hydrogen-bond acceptors (Lipinski definition) is 2. The second kappa shape index (κ2) is 6.99. The molecule has 0 bridgehead atoms. The largest absolute Gasteiger partial charge is 0.341 e. The summed E-state index contributed by atoms with van der Waals surface area (Å²) in [5.41, 5.74) is 6.37. The van der Waals surface area contributed by atoms with Gasteiger partial charge in [-0.25, -0.2) is 8.78 Å². The average Bonchev–Trinajstić information content (AvgIpc) is 2.79. The van der Waals surface area contributed by atoms with Crippen LogP contribution >= 0.6 is 12.4 Å². The van der Waals surface area contributed by atoms with E-state index >= 15 is 0 Å². The molecule has 112 valence electrons. The van der Waals surface area contributed by atoms with Gasteiger partial charge in [0.15, 0.2) is 11.6 Å². The molecule has 2 N–H and O–H groups in total. The molecule has 0 radical (unpaired) electrons. The molecule has 1 aromatic carbocycles. The van der Waals surface area contributed by atoms with Crippen LogP contribution in [-0.4, -0.2) is 23.9 Å². The molecule has 0 heterocycles. The number of halogens is 3. The summed E-state index contributed by atoms with van der Waals surface area (Å²) in [5.74, 6) is -1.77. The lowest BCUT2D eigenvalue weighted by molar-refractivity contribution is -0.134. The second-order valence-corrected chi connectivity index (χ2v) is 5.21. The number of carbonyl (C=O) groups excluding carboxylic acids is 1. The summed E-state index contributed by atoms with van der Waals surface area (Å²) >= 11 is 0. The third-order valence-electron chi connectivity index (χ3n) is 3.60. The molecule has 1 aliphatic carbocycles. The van der Waals surface area contributed by atoms with Gasteiger partial charge in [-0.1, -0.05) is 6.07 Å². The van der Waals surface area contributed by atoms with Gasteiger partial charge in [0.05, 0.1) is 0 Å². The normalized spacial score (nSPS) is 21.4. The van der Waals surface area contributed by atoms with Crippen LogP contribution < -0.4 is 5.73 Å². The smallest absolute Gasteiger partial charge is 0.225 e. The van der Waals surface area contributed by atoms with Crippen molar-refractivity contribution in [3.05, 3.63) is 35.4 Å². The highest BCUT2D eigenvalue weighted by atomic mass is 35.5. The Kier molecular flexibility index (Phi) is 5.89. The lowest BCUT2D eigenvalue weighted by Gasteiger charge is -2.21. The standard InChI is InChI=1S/C14H18F2N2O.ClH/c1-18(14(19)10-3-4-11(17)7-10)8-9-2-5-12(15)13(16)6-9;/h2,5-6,10-11H,3-4,7-8,17H2,1H3;1H. The number of rotatable bonds is 3. The maximum absolute atomic E-state index is 13.1. The molecule has 0 spiro atoms. The number of nitrogens with two attached hydrogens (primary N) is 1. The predicted molar refractivity (Wildman–Crippen MR) is 75.4 cm³/mol. The predicted octanol–water partition coefficient (Wildman–Crippen LogP) is 2.47. The summed E-state index contributed by atoms with van der Waals surface area (Å²) in [6, 6.07) is 3.79. The van der Waals surface area contributed by atoms with E-state index in [0.29, 0.717) is 12.0 Å². The monoisotopic (exact) mass is 304 g/mol. The summed E-state index contributed by atoms with van der Waals surface area (Å²) in [7, 11) is 1.67. The second-order valence-electron chi connectivity index (χ2n) is 5.21. The van der Waals surface area contributed by atoms with Crippen LogP contribution in [0, 0.1) is 17.6 Å². The van der Waals surface area contributed by atoms with Gasteiger partial charge in [0, 0.05) is 25.6 Å². The van der Waals surface area contributed by atoms with Crippen molar-refractivity contribution in [1.82, 2.24) is 4.90 Å². The van der Waals surface area contributed by atoms with Crippen LogP contribution in [0.5, 0.6) is 0 Å². The van der Waals surface area contributed by atoms with E-state index < -0.39 is 11.6 Å². The van der Waals surface area contributed by atoms with Crippen LogP contribution in [0.3, 0.4) is 0 Å². The van der Waals surface area contributed by atoms with Crippen LogP contribution in [-0.2, 0) is 11.3 Å². The topological polar surface area (TPSA) is 46.3 Å². The van der Waals surface area contributed by atoms with Gasteiger partial charge < -0.3 is 10.6 Å². The van der Waals surface area contributed by atoms with Crippen LogP contribution in [0.15, 0.2) is 18.2 Å². The summed E-state index contributed by atoms with van der Waals surface area (Å²) < 4.78 is 25.9. The number of hydrogen-bond donors (Lipinski definition) is 1. The van der Waals surface area contributed by atoms with Crippen molar-refractivity contribution < 1.29 is 13.6 Å². The highest BCUT2D eigenvalue weighted by molar-refractivity contribution is 5.85. The fourth-order valence-electron chi connectivity index (χ4n) is 2.54. The van der Waals surface area contributed by atoms with Crippen LogP contribution in [0.25, 0.3) is 0 Å². The van der Waals surface area contributed by atoms with Crippen molar-refractivity contribution in [2.24, 2.45) is 11.7 Å². The molecule has 0 aliphatic heterocycles. The first-order valence-corrected chi connectivity index (χ1v) is 6.42. The van der Waals surface area contributed by atoms with Gasteiger partial charge >= 0.3 is 0 Å². The van der Waals surface area contributed by atoms with Gasteiger partial charge in [-0.3, -0.25) is 4.79 Å². The molecule has 1 fully saturated rings. The van der Waals surface area contributed by atoms with E-state index in [1.807, 2.05) is 0 Å². The minimum Gasteiger partial charge on any atom is -0.341 e. The first kappa shape index (κ1) is 16.9. The van der Waals surface area contributed by atoms with Crippen LogP contribution in [0.1, 0.15) is 24.8 Å². The molecule has 3 nitrogen and oxygen atoms in total. The Balaban J connectivity index is 0.00000200. The van der Waals surface area contributed by atoms with Crippen molar-refractivity contribution in [2.45, 2.75) is 31.8 Å². The van der Waals surface area contributed by atoms with E-state index in [1.165, 1.54) is 6.07 Å². The van der Waals surface area contributed by atoms with Crippen molar-refractivity contribution >= 4 is 18.3 Å². The molecule has 2 unspecified atom stereocenters. The Morgan fingerprint density at radius 3 is 2.60 bits per heavy atom. The van der Waals surface area contributed by atoms with E-state index in [4.69, 9.17) is 5.73 Å². The SMILES string of the molecule is CN(Cc1ccc(F)c(F)c1)C(=O)C1CCC(N)C1.Cl. The molecule has 1 aromatic rings. The number of benzene rings is 1. The summed E-state index contributed by atoms with van der Waals surface area (Å²) in [5, 5.41) is 0. The zero-order valence-electron chi connectivity index (χ0n) is 11.3. The minimum atomic E-state index is -0.888. The van der Waals surface area contributed by atoms with Crippen LogP contribution in [0.2, 0.25) is 0 Å². The summed E-state index contributed by atoms with van der Waals surface area (Å²) in [6.45, 7) is 0.280. The molecule has 0 saturated heterocycles. The van der Waals surface area contributed by atoms with Crippen molar-refractivity contribution in [1.29, 1.82) is 0 Å². The number of nitrogens with zero attached hydrogens (tertiary/aromatic N) is 1. The molecule has 1 amide bonds. The summed E-state index contributed by atoms with van der Waals surface area (Å²) in [4.78, 5) is 13.7. The molecule has 2 atom stereocenters. The maximum Gasteiger partial charge on any atom is 0.225 e. The van der Waals surface area contributed by atoms with Gasteiger partial charge in [0.25, 0.3) is 0 Å². The third kappa shape index (κ3) is 3.90. The molecule has 1 saturated carbocycles. The van der Waals surface area contributed by atoms with E-state index in [0.717, 1.165) is 25.0 Å². The minimum absolute atomic E-state index is 0. The quantitative estimate of drug-likeness (QED) is 0.932. The Bertz CT molecular complexity index is 484. The number of amides is 1. The number of carbonyl (C=O) groups is 1. The lowest BCUT2D eigenvalue weighted by Crippen LogP contribution is -2.32. The molecule has 20 heavy (non-hydrogen) atoms. The van der Waals surface area contributed by atoms with E-state index in [1.54, 1.807) is 11.9 Å². The molecule has 0 aromatic heterocycles. The van der Waals surface area contributed by atoms with E-state index in [-0.39, 0.29) is 36.8 Å². The Hall–Kier alpha value is -1.20. The highest BCUT2D eigenvalue weighted by Gasteiger charge is 2.29. The van der Waals surface area contributed by atoms with Gasteiger partial charge in [0.1, 0.15) is 0 Å². The molecular weight excluding hydrogens is 286 g/mol. The van der Waals surface area contributed by atoms with Crippen molar-refractivity contribution in [3.8, 4) is 0 Å². The molecule has 6 heteroatoms. The van der Waals surface area contributed by atoms with Gasteiger partial charge in [-0.2, -0.15) is 0 Å². The third-order valence-corrected chi connectivity index (χ3v) is 3.60. The Morgan fingerprint density at radius 1 is 1.35 bits per heavy atom. The summed E-state index contributed by atoms with van der Waals surface area (Å²) in [6.07, 6.45) is 2.39. The molecule has 2 rings (SSSR count). The van der Waals surface area contributed by atoms with Gasteiger partial charge in [0.2, 0.25) is 5.91 Å². The lowest BCUT2D eigenvalue weighted by atomic mass is 10.1. The molecular formula is C14H19ClF2N2O. The first-order chi connectivity index (χ1) is 8.97. The highest BCUT2D eigenvalue weighted by Crippen LogP contribution is 2.26. The average molecular weight is 305 g/mol. The van der Waals surface area contributed by atoms with Gasteiger partial charge in [-0.05, 0) is 37.0 Å². The maximum atomic E-state index is 13.1. The zero-order valence-corrected chi connectivity index (χ0v) is 12.1. The Morgan fingerprint density at radius 2 is 2.05 bits per heavy atom. The molecule has 1 aliphatic rings. The zero-order chi connectivity index (χ0) is 14.0. The fraction of sp³-hybridized carbons (Fsp3) is 0.500. The van der Waals surface area contributed by atoms with Gasteiger partial charge in [-0.15, -0.1) is 12.4 Å². The van der Waals surface area contributed by atoms with E-state index in [9.17, 15) is 13.6 Å². The van der Waals surface area contributed by atoms with Crippen molar-refractivity contribution in [2.75, 3.05) is 7.05 Å².